The summed E-state index contributed by atoms with van der Waals surface area (Å²) in [6.07, 6.45) is 1.59. The lowest BCUT2D eigenvalue weighted by atomic mass is 10.2. The topological polar surface area (TPSA) is 84.9 Å². The van der Waals surface area contributed by atoms with E-state index >= 15 is 0 Å². The molecule has 0 unspecified atom stereocenters. The first-order valence-corrected chi connectivity index (χ1v) is 10.6. The number of ether oxygens (including phenoxy) is 2. The standard InChI is InChI=1S/C21H19BrN2O5S/c1-3-29-16-10-13(9-15(22)19(16)28-2)11-17-20(26)24(21(27)30-17)12-18(25)23-14-7-5-4-6-8-14/h4-11H,3,12H2,1-2H3,(H,23,25)/b17-11-. The quantitative estimate of drug-likeness (QED) is 0.573. The van der Waals surface area contributed by atoms with Crippen molar-refractivity contribution in [3.8, 4) is 11.5 Å². The Morgan fingerprint density at radius 3 is 2.63 bits per heavy atom. The maximum atomic E-state index is 12.7. The fourth-order valence-electron chi connectivity index (χ4n) is 2.79. The zero-order valence-electron chi connectivity index (χ0n) is 16.3. The van der Waals surface area contributed by atoms with Crippen molar-refractivity contribution in [3.63, 3.8) is 0 Å². The van der Waals surface area contributed by atoms with Gasteiger partial charge in [0.1, 0.15) is 6.54 Å². The number of amides is 3. The van der Waals surface area contributed by atoms with Crippen molar-refractivity contribution in [2.24, 2.45) is 0 Å². The van der Waals surface area contributed by atoms with Gasteiger partial charge in [0, 0.05) is 5.69 Å². The number of hydrogen-bond acceptors (Lipinski definition) is 6. The highest BCUT2D eigenvalue weighted by atomic mass is 79.9. The van der Waals surface area contributed by atoms with Crippen LogP contribution in [-0.2, 0) is 9.59 Å². The zero-order valence-corrected chi connectivity index (χ0v) is 18.7. The zero-order chi connectivity index (χ0) is 21.7. The van der Waals surface area contributed by atoms with Crippen LogP contribution in [0.4, 0.5) is 10.5 Å². The molecule has 0 spiro atoms. The average molecular weight is 491 g/mol. The summed E-state index contributed by atoms with van der Waals surface area (Å²) < 4.78 is 11.6. The molecule has 3 rings (SSSR count). The number of anilines is 1. The number of halogens is 1. The van der Waals surface area contributed by atoms with E-state index in [0.29, 0.717) is 33.8 Å². The highest BCUT2D eigenvalue weighted by Gasteiger charge is 2.36. The predicted octanol–water partition coefficient (Wildman–Crippen LogP) is 4.53. The number of hydrogen-bond donors (Lipinski definition) is 1. The molecular weight excluding hydrogens is 472 g/mol. The Morgan fingerprint density at radius 2 is 1.97 bits per heavy atom. The first-order valence-electron chi connectivity index (χ1n) is 9.03. The van der Waals surface area contributed by atoms with E-state index in [0.717, 1.165) is 16.7 Å². The van der Waals surface area contributed by atoms with Crippen LogP contribution in [0.5, 0.6) is 11.5 Å². The first kappa shape index (κ1) is 21.9. The molecule has 1 N–H and O–H groups in total. The van der Waals surface area contributed by atoms with Gasteiger partial charge >= 0.3 is 0 Å². The average Bonchev–Trinajstić information content (AvgIpc) is 2.96. The second-order valence-electron chi connectivity index (χ2n) is 6.15. The van der Waals surface area contributed by atoms with Crippen molar-refractivity contribution >= 4 is 56.5 Å². The van der Waals surface area contributed by atoms with Gasteiger partial charge in [0.2, 0.25) is 5.91 Å². The monoisotopic (exact) mass is 490 g/mol. The van der Waals surface area contributed by atoms with Gasteiger partial charge in [0.15, 0.2) is 11.5 Å². The van der Waals surface area contributed by atoms with E-state index < -0.39 is 17.1 Å². The summed E-state index contributed by atoms with van der Waals surface area (Å²) in [6.45, 7) is 1.94. The third-order valence-electron chi connectivity index (χ3n) is 4.07. The maximum absolute atomic E-state index is 12.7. The molecule has 7 nitrogen and oxygen atoms in total. The minimum absolute atomic E-state index is 0.229. The molecule has 156 valence electrons. The van der Waals surface area contributed by atoms with Gasteiger partial charge in [-0.3, -0.25) is 19.3 Å². The van der Waals surface area contributed by atoms with Gasteiger partial charge in [-0.15, -0.1) is 0 Å². The Balaban J connectivity index is 1.77. The molecule has 1 saturated heterocycles. The van der Waals surface area contributed by atoms with Crippen LogP contribution in [0.25, 0.3) is 6.08 Å². The molecular formula is C21H19BrN2O5S. The second kappa shape index (κ2) is 9.82. The molecule has 0 radical (unpaired) electrons. The molecule has 1 heterocycles. The Morgan fingerprint density at radius 1 is 1.23 bits per heavy atom. The lowest BCUT2D eigenvalue weighted by Crippen LogP contribution is -2.36. The summed E-state index contributed by atoms with van der Waals surface area (Å²) >= 11 is 4.22. The van der Waals surface area contributed by atoms with Crippen molar-refractivity contribution in [2.45, 2.75) is 6.92 Å². The van der Waals surface area contributed by atoms with Crippen LogP contribution >= 0.6 is 27.7 Å². The van der Waals surface area contributed by atoms with E-state index in [1.165, 1.54) is 7.11 Å². The third kappa shape index (κ3) is 5.03. The Hall–Kier alpha value is -2.78. The summed E-state index contributed by atoms with van der Waals surface area (Å²) in [6, 6.07) is 12.3. The van der Waals surface area contributed by atoms with Crippen molar-refractivity contribution in [3.05, 3.63) is 57.4 Å². The number of carbonyl (C=O) groups is 3. The number of benzene rings is 2. The first-order chi connectivity index (χ1) is 14.4. The third-order valence-corrected chi connectivity index (χ3v) is 5.56. The van der Waals surface area contributed by atoms with E-state index in [4.69, 9.17) is 9.47 Å². The van der Waals surface area contributed by atoms with Crippen LogP contribution in [0.15, 0.2) is 51.8 Å². The molecule has 1 fully saturated rings. The van der Waals surface area contributed by atoms with E-state index in [1.807, 2.05) is 13.0 Å². The molecule has 0 bridgehead atoms. The number of rotatable bonds is 7. The van der Waals surface area contributed by atoms with Crippen LogP contribution in [0.1, 0.15) is 12.5 Å². The minimum atomic E-state index is -0.516. The molecule has 1 aliphatic rings. The van der Waals surface area contributed by atoms with Crippen LogP contribution < -0.4 is 14.8 Å². The smallest absolute Gasteiger partial charge is 0.294 e. The van der Waals surface area contributed by atoms with Crippen molar-refractivity contribution in [1.29, 1.82) is 0 Å². The van der Waals surface area contributed by atoms with Gasteiger partial charge in [-0.1, -0.05) is 18.2 Å². The summed E-state index contributed by atoms with van der Waals surface area (Å²) in [5, 5.41) is 2.17. The summed E-state index contributed by atoms with van der Waals surface area (Å²) in [7, 11) is 1.54. The Labute approximate surface area is 186 Å². The predicted molar refractivity (Wildman–Crippen MR) is 120 cm³/mol. The fraction of sp³-hybridized carbons (Fsp3) is 0.190. The molecule has 0 aromatic heterocycles. The van der Waals surface area contributed by atoms with Gasteiger partial charge in [0.05, 0.1) is 23.1 Å². The fourth-order valence-corrected chi connectivity index (χ4v) is 4.25. The lowest BCUT2D eigenvalue weighted by Gasteiger charge is -2.13. The van der Waals surface area contributed by atoms with Crippen LogP contribution in [0.2, 0.25) is 0 Å². The van der Waals surface area contributed by atoms with Gasteiger partial charge < -0.3 is 14.8 Å². The van der Waals surface area contributed by atoms with Gasteiger partial charge in [0.25, 0.3) is 11.1 Å². The van der Waals surface area contributed by atoms with Gasteiger partial charge in [-0.2, -0.15) is 0 Å². The molecule has 2 aromatic carbocycles. The van der Waals surface area contributed by atoms with Gasteiger partial charge in [-0.05, 0) is 70.5 Å². The van der Waals surface area contributed by atoms with E-state index in [2.05, 4.69) is 21.2 Å². The lowest BCUT2D eigenvalue weighted by molar-refractivity contribution is -0.127. The van der Waals surface area contributed by atoms with Crippen LogP contribution in [0, 0.1) is 0 Å². The minimum Gasteiger partial charge on any atom is -0.492 e. The number of thioether (sulfide) groups is 1. The van der Waals surface area contributed by atoms with E-state index in [9.17, 15) is 14.4 Å². The number of nitrogens with one attached hydrogen (secondary N) is 1. The molecule has 30 heavy (non-hydrogen) atoms. The number of imide groups is 1. The van der Waals surface area contributed by atoms with E-state index in [-0.39, 0.29) is 11.4 Å². The summed E-state index contributed by atoms with van der Waals surface area (Å²) in [5.74, 6) is 0.0930. The molecule has 3 amide bonds. The number of nitrogens with zero attached hydrogens (tertiary/aromatic N) is 1. The number of para-hydroxylation sites is 1. The number of methoxy groups -OCH3 is 1. The van der Waals surface area contributed by atoms with Crippen molar-refractivity contribution < 1.29 is 23.9 Å². The van der Waals surface area contributed by atoms with Crippen LogP contribution in [-0.4, -0.2) is 42.2 Å². The normalized spacial score (nSPS) is 14.9. The van der Waals surface area contributed by atoms with E-state index in [1.54, 1.807) is 42.5 Å². The summed E-state index contributed by atoms with van der Waals surface area (Å²) in [5.41, 5.74) is 1.25. The van der Waals surface area contributed by atoms with Gasteiger partial charge in [-0.25, -0.2) is 0 Å². The molecule has 9 heteroatoms. The SMILES string of the molecule is CCOc1cc(/C=C2\SC(=O)N(CC(=O)Nc3ccccc3)C2=O)cc(Br)c1OC. The maximum Gasteiger partial charge on any atom is 0.294 e. The Bertz CT molecular complexity index is 1010. The molecule has 0 saturated carbocycles. The second-order valence-corrected chi connectivity index (χ2v) is 8.00. The summed E-state index contributed by atoms with van der Waals surface area (Å²) in [4.78, 5) is 38.4. The molecule has 2 aromatic rings. The highest BCUT2D eigenvalue weighted by molar-refractivity contribution is 9.10. The van der Waals surface area contributed by atoms with Crippen molar-refractivity contribution in [1.82, 2.24) is 4.90 Å². The highest BCUT2D eigenvalue weighted by Crippen LogP contribution is 2.39. The molecule has 0 atom stereocenters. The Kier molecular flexibility index (Phi) is 7.17. The molecule has 0 aliphatic carbocycles. The van der Waals surface area contributed by atoms with Crippen LogP contribution in [0.3, 0.4) is 0 Å². The van der Waals surface area contributed by atoms with Crippen molar-refractivity contribution in [2.75, 3.05) is 25.6 Å². The number of carbonyl (C=O) groups excluding carboxylic acids is 3. The molecule has 1 aliphatic heterocycles. The largest absolute Gasteiger partial charge is 0.492 e.